The lowest BCUT2D eigenvalue weighted by atomic mass is 10.1. The molecule has 0 spiro atoms. The minimum atomic E-state index is -0.111. The molecular weight excluding hydrogens is 184 g/mol. The zero-order chi connectivity index (χ0) is 11.5. The highest BCUT2D eigenvalue weighted by atomic mass is 14.9. The predicted molar refractivity (Wildman–Crippen MR) is 65.2 cm³/mol. The van der Waals surface area contributed by atoms with Gasteiger partial charge in [-0.3, -0.25) is 0 Å². The average Bonchev–Trinajstić information content (AvgIpc) is 2.08. The van der Waals surface area contributed by atoms with Gasteiger partial charge in [0.25, 0.3) is 0 Å². The molecule has 0 unspecified atom stereocenters. The Kier molecular flexibility index (Phi) is 3.43. The first-order chi connectivity index (χ1) is 6.90. The van der Waals surface area contributed by atoms with Gasteiger partial charge in [0.2, 0.25) is 0 Å². The van der Waals surface area contributed by atoms with E-state index in [1.54, 1.807) is 0 Å². The lowest BCUT2D eigenvalue weighted by Gasteiger charge is -2.07. The van der Waals surface area contributed by atoms with Gasteiger partial charge in [0, 0.05) is 0 Å². The number of para-hydroxylation sites is 1. The number of aliphatic imine (C=N–C) groups is 2. The normalized spacial score (nSPS) is 10.7. The molecule has 0 aliphatic rings. The van der Waals surface area contributed by atoms with Gasteiger partial charge in [-0.1, -0.05) is 18.2 Å². The van der Waals surface area contributed by atoms with Gasteiger partial charge in [-0.25, -0.2) is 4.99 Å². The van der Waals surface area contributed by atoms with Crippen molar-refractivity contribution < 1.29 is 0 Å². The van der Waals surface area contributed by atoms with Crippen molar-refractivity contribution in [3.05, 3.63) is 29.3 Å². The van der Waals surface area contributed by atoms with Crippen LogP contribution in [0, 0.1) is 13.8 Å². The summed E-state index contributed by atoms with van der Waals surface area (Å²) in [5, 5.41) is 0. The molecule has 0 fully saturated rings. The lowest BCUT2D eigenvalue weighted by molar-refractivity contribution is 0.587. The van der Waals surface area contributed by atoms with Crippen LogP contribution in [-0.4, -0.2) is 11.5 Å². The summed E-state index contributed by atoms with van der Waals surface area (Å²) < 4.78 is 0. The van der Waals surface area contributed by atoms with Crippen LogP contribution in [-0.2, 0) is 0 Å². The van der Waals surface area contributed by atoms with Crippen LogP contribution in [0.25, 0.3) is 0 Å². The van der Waals surface area contributed by atoms with Crippen molar-refractivity contribution in [2.75, 3.05) is 0 Å². The van der Waals surface area contributed by atoms with Gasteiger partial charge < -0.3 is 0 Å². The fourth-order valence-corrected chi connectivity index (χ4v) is 1.21. The molecule has 80 valence electrons. The predicted octanol–water partition coefficient (Wildman–Crippen LogP) is 3.91. The molecule has 0 heterocycles. The van der Waals surface area contributed by atoms with E-state index in [0.717, 1.165) is 16.8 Å². The fourth-order valence-electron chi connectivity index (χ4n) is 1.21. The number of benzene rings is 1. The molecule has 0 amide bonds. The standard InChI is InChI=1S/C13H18N2/c1-10-7-6-8-11(2)12(10)14-9-15-13(3,4)5/h6-8H,1-5H3. The van der Waals surface area contributed by atoms with Gasteiger partial charge in [0.05, 0.1) is 17.2 Å². The molecule has 1 aromatic carbocycles. The quantitative estimate of drug-likeness (QED) is 0.617. The number of hydrogen-bond acceptors (Lipinski definition) is 2. The molecule has 2 nitrogen and oxygen atoms in total. The number of rotatable bonds is 1. The molecule has 0 radical (unpaired) electrons. The van der Waals surface area contributed by atoms with Crippen LogP contribution in [0.4, 0.5) is 5.69 Å². The summed E-state index contributed by atoms with van der Waals surface area (Å²) in [5.41, 5.74) is 3.18. The van der Waals surface area contributed by atoms with E-state index in [-0.39, 0.29) is 5.54 Å². The van der Waals surface area contributed by atoms with E-state index in [1.807, 2.05) is 52.8 Å². The Morgan fingerprint density at radius 3 is 2.07 bits per heavy atom. The lowest BCUT2D eigenvalue weighted by Crippen LogP contribution is -2.07. The molecule has 0 aromatic heterocycles. The molecule has 0 aliphatic heterocycles. The molecule has 0 saturated carbocycles. The largest absolute Gasteiger partial charge is 0.219 e. The third-order valence-corrected chi connectivity index (χ3v) is 1.99. The minimum absolute atomic E-state index is 0.111. The van der Waals surface area contributed by atoms with Crippen LogP contribution >= 0.6 is 0 Å². The average molecular weight is 202 g/mol. The van der Waals surface area contributed by atoms with Gasteiger partial charge in [-0.05, 0) is 45.7 Å². The first-order valence-electron chi connectivity index (χ1n) is 5.14. The van der Waals surface area contributed by atoms with Gasteiger partial charge in [-0.2, -0.15) is 4.99 Å². The Bertz CT molecular complexity index is 385. The maximum Gasteiger partial charge on any atom is 0.0954 e. The highest BCUT2D eigenvalue weighted by Gasteiger charge is 2.04. The summed E-state index contributed by atoms with van der Waals surface area (Å²) in [6.07, 6.45) is 0. The Hall–Kier alpha value is -1.40. The molecule has 0 saturated heterocycles. The molecule has 2 heteroatoms. The van der Waals surface area contributed by atoms with Gasteiger partial charge in [0.1, 0.15) is 0 Å². The summed E-state index contributed by atoms with van der Waals surface area (Å²) in [7, 11) is 0. The number of nitrogens with zero attached hydrogens (tertiary/aromatic N) is 2. The maximum atomic E-state index is 4.27. The summed E-state index contributed by atoms with van der Waals surface area (Å²) in [5.74, 6) is 0. The molecule has 15 heavy (non-hydrogen) atoms. The molecule has 1 aromatic rings. The second kappa shape index (κ2) is 4.41. The summed E-state index contributed by atoms with van der Waals surface area (Å²) in [4.78, 5) is 8.49. The fraction of sp³-hybridized carbons (Fsp3) is 0.462. The maximum absolute atomic E-state index is 4.27. The van der Waals surface area contributed by atoms with E-state index in [2.05, 4.69) is 16.0 Å². The van der Waals surface area contributed by atoms with E-state index in [1.165, 1.54) is 0 Å². The summed E-state index contributed by atoms with van der Waals surface area (Å²) in [6, 6.07) is 8.90. The highest BCUT2D eigenvalue weighted by molar-refractivity contribution is 5.59. The Morgan fingerprint density at radius 1 is 1.07 bits per heavy atom. The van der Waals surface area contributed by atoms with E-state index in [9.17, 15) is 0 Å². The SMILES string of the molecule is Cc1cccc(C)c1N=C=NC(C)(C)C. The van der Waals surface area contributed by atoms with E-state index < -0.39 is 0 Å². The van der Waals surface area contributed by atoms with Crippen LogP contribution in [0.1, 0.15) is 31.9 Å². The topological polar surface area (TPSA) is 24.7 Å². The molecule has 0 atom stereocenters. The molecule has 0 N–H and O–H groups in total. The van der Waals surface area contributed by atoms with Gasteiger partial charge in [0.15, 0.2) is 0 Å². The molecule has 0 bridgehead atoms. The monoisotopic (exact) mass is 202 g/mol. The Morgan fingerprint density at radius 2 is 1.60 bits per heavy atom. The van der Waals surface area contributed by atoms with E-state index in [4.69, 9.17) is 0 Å². The second-order valence-electron chi connectivity index (χ2n) is 4.73. The summed E-state index contributed by atoms with van der Waals surface area (Å²) >= 11 is 0. The van der Waals surface area contributed by atoms with Crippen LogP contribution in [0.2, 0.25) is 0 Å². The van der Waals surface area contributed by atoms with Crippen molar-refractivity contribution in [1.29, 1.82) is 0 Å². The molecule has 0 aliphatic carbocycles. The van der Waals surface area contributed by atoms with E-state index in [0.29, 0.717) is 0 Å². The zero-order valence-corrected chi connectivity index (χ0v) is 10.1. The number of aryl methyl sites for hydroxylation is 2. The first kappa shape index (κ1) is 11.7. The third-order valence-electron chi connectivity index (χ3n) is 1.99. The van der Waals surface area contributed by atoms with Crippen molar-refractivity contribution in [2.24, 2.45) is 9.98 Å². The van der Waals surface area contributed by atoms with Crippen molar-refractivity contribution in [3.63, 3.8) is 0 Å². The zero-order valence-electron chi connectivity index (χ0n) is 10.1. The summed E-state index contributed by atoms with van der Waals surface area (Å²) in [6.45, 7) is 10.2. The van der Waals surface area contributed by atoms with Gasteiger partial charge in [-0.15, -0.1) is 0 Å². The van der Waals surface area contributed by atoms with Crippen LogP contribution in [0.15, 0.2) is 28.2 Å². The number of hydrogen-bond donors (Lipinski definition) is 0. The van der Waals surface area contributed by atoms with E-state index >= 15 is 0 Å². The molecule has 1 rings (SSSR count). The van der Waals surface area contributed by atoms with Crippen molar-refractivity contribution >= 4 is 11.7 Å². The van der Waals surface area contributed by atoms with Crippen LogP contribution in [0.3, 0.4) is 0 Å². The third kappa shape index (κ3) is 3.69. The molecular formula is C13H18N2. The van der Waals surface area contributed by atoms with Crippen molar-refractivity contribution in [3.8, 4) is 0 Å². The smallest absolute Gasteiger partial charge is 0.0954 e. The van der Waals surface area contributed by atoms with Crippen LogP contribution in [0.5, 0.6) is 0 Å². The Labute approximate surface area is 91.8 Å². The van der Waals surface area contributed by atoms with Gasteiger partial charge >= 0.3 is 0 Å². The second-order valence-corrected chi connectivity index (χ2v) is 4.73. The van der Waals surface area contributed by atoms with Crippen LogP contribution < -0.4 is 0 Å². The highest BCUT2D eigenvalue weighted by Crippen LogP contribution is 2.22. The van der Waals surface area contributed by atoms with Crippen molar-refractivity contribution in [1.82, 2.24) is 0 Å². The van der Waals surface area contributed by atoms with Crippen molar-refractivity contribution in [2.45, 2.75) is 40.2 Å². The Balaban J connectivity index is 3.05. The first-order valence-corrected chi connectivity index (χ1v) is 5.14. The minimum Gasteiger partial charge on any atom is -0.219 e.